The number of nitrogens with one attached hydrogen (secondary N) is 1. The van der Waals surface area contributed by atoms with Crippen molar-refractivity contribution in [2.45, 2.75) is 26.7 Å². The van der Waals surface area contributed by atoms with Gasteiger partial charge in [-0.15, -0.1) is 11.6 Å². The van der Waals surface area contributed by atoms with Gasteiger partial charge in [0, 0.05) is 23.4 Å². The van der Waals surface area contributed by atoms with E-state index in [4.69, 9.17) is 11.6 Å². The SMILES string of the molecule is CCC(CC)(CCl)CNC(=O)c1ccc(O)c(O)c1. The van der Waals surface area contributed by atoms with Gasteiger partial charge in [0.1, 0.15) is 0 Å². The van der Waals surface area contributed by atoms with Gasteiger partial charge >= 0.3 is 0 Å². The second-order valence-corrected chi connectivity index (χ2v) is 4.99. The maximum absolute atomic E-state index is 12.0. The van der Waals surface area contributed by atoms with E-state index in [-0.39, 0.29) is 22.8 Å². The van der Waals surface area contributed by atoms with Gasteiger partial charge in [-0.3, -0.25) is 4.79 Å². The largest absolute Gasteiger partial charge is 0.504 e. The van der Waals surface area contributed by atoms with E-state index in [0.717, 1.165) is 12.8 Å². The van der Waals surface area contributed by atoms with E-state index in [0.29, 0.717) is 18.0 Å². The van der Waals surface area contributed by atoms with Gasteiger partial charge in [-0.1, -0.05) is 13.8 Å². The smallest absolute Gasteiger partial charge is 0.251 e. The second-order valence-electron chi connectivity index (χ2n) is 4.73. The number of benzene rings is 1. The van der Waals surface area contributed by atoms with Crippen molar-refractivity contribution in [1.82, 2.24) is 5.32 Å². The van der Waals surface area contributed by atoms with E-state index < -0.39 is 0 Å². The summed E-state index contributed by atoms with van der Waals surface area (Å²) in [7, 11) is 0. The quantitative estimate of drug-likeness (QED) is 0.556. The molecule has 3 N–H and O–H groups in total. The van der Waals surface area contributed by atoms with Gasteiger partial charge < -0.3 is 15.5 Å². The molecule has 0 unspecified atom stereocenters. The van der Waals surface area contributed by atoms with Gasteiger partial charge in [0.25, 0.3) is 5.91 Å². The Morgan fingerprint density at radius 1 is 1.26 bits per heavy atom. The Labute approximate surface area is 118 Å². The Hall–Kier alpha value is -1.42. The molecule has 1 rings (SSSR count). The molecule has 0 saturated heterocycles. The maximum Gasteiger partial charge on any atom is 0.251 e. The average molecular weight is 286 g/mol. The highest BCUT2D eigenvalue weighted by molar-refractivity contribution is 6.18. The number of hydrogen-bond acceptors (Lipinski definition) is 3. The Kier molecular flexibility index (Phi) is 5.48. The number of amides is 1. The zero-order chi connectivity index (χ0) is 14.5. The van der Waals surface area contributed by atoms with Crippen LogP contribution >= 0.6 is 11.6 Å². The van der Waals surface area contributed by atoms with Crippen molar-refractivity contribution in [3.05, 3.63) is 23.8 Å². The molecule has 0 aliphatic carbocycles. The van der Waals surface area contributed by atoms with E-state index in [1.807, 2.05) is 13.8 Å². The fourth-order valence-corrected chi connectivity index (χ4v) is 2.24. The van der Waals surface area contributed by atoms with Gasteiger partial charge in [-0.2, -0.15) is 0 Å². The molecule has 5 heteroatoms. The molecule has 0 atom stereocenters. The third-order valence-corrected chi connectivity index (χ3v) is 4.21. The number of hydrogen-bond donors (Lipinski definition) is 3. The van der Waals surface area contributed by atoms with E-state index in [1.54, 1.807) is 0 Å². The minimum atomic E-state index is -0.303. The van der Waals surface area contributed by atoms with Crippen molar-refractivity contribution in [1.29, 1.82) is 0 Å². The lowest BCUT2D eigenvalue weighted by atomic mass is 9.84. The van der Waals surface area contributed by atoms with Crippen LogP contribution in [0, 0.1) is 5.41 Å². The topological polar surface area (TPSA) is 69.6 Å². The first-order valence-corrected chi connectivity index (χ1v) is 6.87. The van der Waals surface area contributed by atoms with Crippen LogP contribution in [-0.2, 0) is 0 Å². The fraction of sp³-hybridized carbons (Fsp3) is 0.500. The van der Waals surface area contributed by atoms with Crippen molar-refractivity contribution < 1.29 is 15.0 Å². The molecule has 4 nitrogen and oxygen atoms in total. The summed E-state index contributed by atoms with van der Waals surface area (Å²) in [5.41, 5.74) is 0.210. The molecule has 0 fully saturated rings. The summed E-state index contributed by atoms with van der Waals surface area (Å²) in [5, 5.41) is 21.4. The van der Waals surface area contributed by atoms with E-state index in [2.05, 4.69) is 5.32 Å². The molecule has 1 amide bonds. The summed E-state index contributed by atoms with van der Waals surface area (Å²) in [5.74, 6) is -0.344. The predicted molar refractivity (Wildman–Crippen MR) is 75.8 cm³/mol. The first-order chi connectivity index (χ1) is 8.98. The number of alkyl halides is 1. The van der Waals surface area contributed by atoms with Crippen LogP contribution < -0.4 is 5.32 Å². The molecular formula is C14H20ClNO3. The summed E-state index contributed by atoms with van der Waals surface area (Å²) in [6.07, 6.45) is 1.77. The first kappa shape index (κ1) is 15.6. The van der Waals surface area contributed by atoms with Gasteiger partial charge in [0.2, 0.25) is 0 Å². The Morgan fingerprint density at radius 3 is 2.37 bits per heavy atom. The third kappa shape index (κ3) is 3.77. The Bertz CT molecular complexity index is 436. The highest BCUT2D eigenvalue weighted by atomic mass is 35.5. The predicted octanol–water partition coefficient (Wildman–Crippen LogP) is 2.87. The maximum atomic E-state index is 12.0. The molecule has 0 aromatic heterocycles. The van der Waals surface area contributed by atoms with Crippen LogP contribution in [0.2, 0.25) is 0 Å². The van der Waals surface area contributed by atoms with Crippen molar-refractivity contribution in [3.8, 4) is 11.5 Å². The lowest BCUT2D eigenvalue weighted by Gasteiger charge is -2.29. The molecule has 0 heterocycles. The molecule has 1 aromatic rings. The lowest BCUT2D eigenvalue weighted by molar-refractivity contribution is 0.0931. The minimum Gasteiger partial charge on any atom is -0.504 e. The van der Waals surface area contributed by atoms with Crippen LogP contribution in [0.4, 0.5) is 0 Å². The summed E-state index contributed by atoms with van der Waals surface area (Å²) in [4.78, 5) is 12.0. The lowest BCUT2D eigenvalue weighted by Crippen LogP contribution is -2.38. The van der Waals surface area contributed by atoms with Gasteiger partial charge in [-0.05, 0) is 31.0 Å². The molecule has 0 aliphatic heterocycles. The van der Waals surface area contributed by atoms with Crippen LogP contribution in [0.25, 0.3) is 0 Å². The average Bonchev–Trinajstić information content (AvgIpc) is 2.43. The number of carbonyl (C=O) groups is 1. The van der Waals surface area contributed by atoms with Crippen LogP contribution in [0.3, 0.4) is 0 Å². The normalized spacial score (nSPS) is 11.3. The van der Waals surface area contributed by atoms with Gasteiger partial charge in [0.15, 0.2) is 11.5 Å². The van der Waals surface area contributed by atoms with Crippen molar-refractivity contribution in [2.75, 3.05) is 12.4 Å². The van der Waals surface area contributed by atoms with Crippen LogP contribution in [0.15, 0.2) is 18.2 Å². The highest BCUT2D eigenvalue weighted by Crippen LogP contribution is 2.28. The zero-order valence-electron chi connectivity index (χ0n) is 11.2. The molecular weight excluding hydrogens is 266 g/mol. The van der Waals surface area contributed by atoms with E-state index in [9.17, 15) is 15.0 Å². The Morgan fingerprint density at radius 2 is 1.89 bits per heavy atom. The highest BCUT2D eigenvalue weighted by Gasteiger charge is 2.25. The van der Waals surface area contributed by atoms with Crippen molar-refractivity contribution in [2.24, 2.45) is 5.41 Å². The number of halogens is 1. The van der Waals surface area contributed by atoms with Crippen molar-refractivity contribution >= 4 is 17.5 Å². The fourth-order valence-electron chi connectivity index (χ4n) is 1.77. The standard InChI is InChI=1S/C14H20ClNO3/c1-3-14(4-2,8-15)9-16-13(19)10-5-6-11(17)12(18)7-10/h5-7,17-18H,3-4,8-9H2,1-2H3,(H,16,19). The number of phenols is 2. The number of carbonyl (C=O) groups excluding carboxylic acids is 1. The number of rotatable bonds is 6. The molecule has 0 bridgehead atoms. The summed E-state index contributed by atoms with van der Waals surface area (Å²) >= 11 is 5.98. The second kappa shape index (κ2) is 6.66. The summed E-state index contributed by atoms with van der Waals surface area (Å²) < 4.78 is 0. The molecule has 19 heavy (non-hydrogen) atoms. The van der Waals surface area contributed by atoms with E-state index >= 15 is 0 Å². The van der Waals surface area contributed by atoms with Crippen molar-refractivity contribution in [3.63, 3.8) is 0 Å². The van der Waals surface area contributed by atoms with E-state index in [1.165, 1.54) is 18.2 Å². The first-order valence-electron chi connectivity index (χ1n) is 6.34. The zero-order valence-corrected chi connectivity index (χ0v) is 12.0. The minimum absolute atomic E-state index is 0.101. The summed E-state index contributed by atoms with van der Waals surface area (Å²) in [6.45, 7) is 4.58. The monoisotopic (exact) mass is 285 g/mol. The molecule has 1 aromatic carbocycles. The summed E-state index contributed by atoms with van der Waals surface area (Å²) in [6, 6.07) is 3.99. The number of aromatic hydroxyl groups is 2. The third-order valence-electron chi connectivity index (χ3n) is 3.65. The van der Waals surface area contributed by atoms with Crippen LogP contribution in [0.1, 0.15) is 37.0 Å². The van der Waals surface area contributed by atoms with Crippen LogP contribution in [-0.4, -0.2) is 28.5 Å². The molecule has 0 spiro atoms. The Balaban J connectivity index is 2.72. The molecule has 0 aliphatic rings. The van der Waals surface area contributed by atoms with Gasteiger partial charge in [-0.25, -0.2) is 0 Å². The van der Waals surface area contributed by atoms with Gasteiger partial charge in [0.05, 0.1) is 0 Å². The van der Waals surface area contributed by atoms with Crippen LogP contribution in [0.5, 0.6) is 11.5 Å². The molecule has 106 valence electrons. The molecule has 0 saturated carbocycles. The molecule has 0 radical (unpaired) electrons. The number of phenolic OH excluding ortho intramolecular Hbond substituents is 2.